The van der Waals surface area contributed by atoms with E-state index in [1.54, 1.807) is 11.0 Å². The Morgan fingerprint density at radius 3 is 2.85 bits per heavy atom. The number of nitriles is 1. The third-order valence-corrected chi connectivity index (χ3v) is 4.47. The quantitative estimate of drug-likeness (QED) is 0.737. The van der Waals surface area contributed by atoms with Crippen LogP contribution in [-0.2, 0) is 4.79 Å². The number of nitrogen functional groups attached to an aromatic ring is 2. The Hall–Kier alpha value is -3.28. The van der Waals surface area contributed by atoms with Crippen LogP contribution in [0.15, 0.2) is 6.07 Å². The number of aromatic nitrogens is 2. The van der Waals surface area contributed by atoms with Crippen molar-refractivity contribution in [1.82, 2.24) is 9.97 Å². The van der Waals surface area contributed by atoms with E-state index in [2.05, 4.69) is 16.0 Å². The standard InChI is InChI=1S/C17H20N6O3/c1-2-26-12-6-10-11(7-18)16(22-15(20)13(10)14(19)21-12)23-5-3-4-9(8-23)17(24)25/h6,9H,2-5,8H2,1H3,(H2,19,21)(H2,20,22)(H,24,25). The topological polar surface area (TPSA) is 151 Å². The molecule has 1 aliphatic rings. The normalized spacial score (nSPS) is 17.1. The van der Waals surface area contributed by atoms with Gasteiger partial charge in [-0.3, -0.25) is 4.79 Å². The molecule has 1 atom stereocenters. The molecule has 5 N–H and O–H groups in total. The molecule has 1 unspecified atom stereocenters. The van der Waals surface area contributed by atoms with Crippen molar-refractivity contribution in [1.29, 1.82) is 5.26 Å². The predicted molar refractivity (Wildman–Crippen MR) is 96.8 cm³/mol. The lowest BCUT2D eigenvalue weighted by Crippen LogP contribution is -2.39. The monoisotopic (exact) mass is 356 g/mol. The molecule has 1 aliphatic heterocycles. The summed E-state index contributed by atoms with van der Waals surface area (Å²) in [5.74, 6) is -0.394. The van der Waals surface area contributed by atoms with Crippen LogP contribution in [0.1, 0.15) is 25.3 Å². The number of carboxylic acids is 1. The van der Waals surface area contributed by atoms with Crippen LogP contribution in [0.2, 0.25) is 0 Å². The van der Waals surface area contributed by atoms with Crippen LogP contribution in [-0.4, -0.2) is 40.7 Å². The van der Waals surface area contributed by atoms with Crippen molar-refractivity contribution in [3.8, 4) is 11.9 Å². The molecule has 26 heavy (non-hydrogen) atoms. The van der Waals surface area contributed by atoms with E-state index < -0.39 is 11.9 Å². The number of piperidine rings is 1. The van der Waals surface area contributed by atoms with E-state index in [9.17, 15) is 15.2 Å². The largest absolute Gasteiger partial charge is 0.481 e. The number of fused-ring (bicyclic) bond motifs is 1. The number of nitrogens with two attached hydrogens (primary N) is 2. The molecule has 2 aromatic rings. The van der Waals surface area contributed by atoms with E-state index in [4.69, 9.17) is 16.2 Å². The van der Waals surface area contributed by atoms with Crippen LogP contribution in [0.5, 0.6) is 5.88 Å². The van der Waals surface area contributed by atoms with Crippen molar-refractivity contribution in [2.45, 2.75) is 19.8 Å². The van der Waals surface area contributed by atoms with Crippen LogP contribution in [0, 0.1) is 17.2 Å². The number of rotatable bonds is 4. The Balaban J connectivity index is 2.17. The van der Waals surface area contributed by atoms with E-state index in [-0.39, 0.29) is 23.7 Å². The lowest BCUT2D eigenvalue weighted by molar-refractivity contribution is -0.141. The minimum Gasteiger partial charge on any atom is -0.481 e. The van der Waals surface area contributed by atoms with E-state index in [0.29, 0.717) is 48.5 Å². The number of nitrogens with zero attached hydrogens (tertiary/aromatic N) is 4. The molecule has 3 heterocycles. The Bertz CT molecular complexity index is 908. The van der Waals surface area contributed by atoms with Gasteiger partial charge in [0.2, 0.25) is 5.88 Å². The highest BCUT2D eigenvalue weighted by Gasteiger charge is 2.29. The summed E-state index contributed by atoms with van der Waals surface area (Å²) in [6, 6.07) is 3.78. The molecule has 0 radical (unpaired) electrons. The van der Waals surface area contributed by atoms with Crippen LogP contribution < -0.4 is 21.1 Å². The molecule has 0 aliphatic carbocycles. The second-order valence-corrected chi connectivity index (χ2v) is 6.13. The fourth-order valence-corrected chi connectivity index (χ4v) is 3.29. The van der Waals surface area contributed by atoms with Crippen LogP contribution in [0.3, 0.4) is 0 Å². The third kappa shape index (κ3) is 3.01. The van der Waals surface area contributed by atoms with Gasteiger partial charge in [0.15, 0.2) is 0 Å². The first kappa shape index (κ1) is 17.5. The summed E-state index contributed by atoms with van der Waals surface area (Å²) in [6.45, 7) is 3.11. The van der Waals surface area contributed by atoms with E-state index in [1.807, 2.05) is 6.92 Å². The number of aliphatic carboxylic acids is 1. The highest BCUT2D eigenvalue weighted by molar-refractivity contribution is 6.04. The molecule has 1 fully saturated rings. The summed E-state index contributed by atoms with van der Waals surface area (Å²) >= 11 is 0. The van der Waals surface area contributed by atoms with Crippen LogP contribution >= 0.6 is 0 Å². The molecule has 2 aromatic heterocycles. The molecule has 3 rings (SSSR count). The number of carboxylic acid groups (broad SMARTS) is 1. The molecule has 0 aromatic carbocycles. The average molecular weight is 356 g/mol. The Morgan fingerprint density at radius 2 is 2.19 bits per heavy atom. The predicted octanol–water partition coefficient (Wildman–Crippen LogP) is 1.37. The second kappa shape index (κ2) is 6.92. The highest BCUT2D eigenvalue weighted by Crippen LogP contribution is 2.36. The van der Waals surface area contributed by atoms with Crippen molar-refractivity contribution >= 4 is 34.2 Å². The highest BCUT2D eigenvalue weighted by atomic mass is 16.5. The van der Waals surface area contributed by atoms with Gasteiger partial charge < -0.3 is 26.2 Å². The van der Waals surface area contributed by atoms with Crippen LogP contribution in [0.4, 0.5) is 17.5 Å². The molecular weight excluding hydrogens is 336 g/mol. The Labute approximate surface area is 150 Å². The number of anilines is 3. The minimum atomic E-state index is -0.853. The summed E-state index contributed by atoms with van der Waals surface area (Å²) in [7, 11) is 0. The third-order valence-electron chi connectivity index (χ3n) is 4.47. The van der Waals surface area contributed by atoms with Gasteiger partial charge in [0, 0.05) is 24.5 Å². The van der Waals surface area contributed by atoms with Gasteiger partial charge in [0.05, 0.1) is 17.9 Å². The number of carbonyl (C=O) groups is 1. The smallest absolute Gasteiger partial charge is 0.308 e. The van der Waals surface area contributed by atoms with Gasteiger partial charge >= 0.3 is 5.97 Å². The summed E-state index contributed by atoms with van der Waals surface area (Å²) in [5, 5.41) is 20.0. The van der Waals surface area contributed by atoms with Crippen LogP contribution in [0.25, 0.3) is 10.8 Å². The summed E-state index contributed by atoms with van der Waals surface area (Å²) in [4.78, 5) is 21.6. The molecule has 136 valence electrons. The van der Waals surface area contributed by atoms with Gasteiger partial charge in [-0.2, -0.15) is 10.2 Å². The summed E-state index contributed by atoms with van der Waals surface area (Å²) < 4.78 is 5.41. The summed E-state index contributed by atoms with van der Waals surface area (Å²) in [5.41, 5.74) is 12.4. The van der Waals surface area contributed by atoms with Gasteiger partial charge in [0.1, 0.15) is 29.1 Å². The van der Waals surface area contributed by atoms with Gasteiger partial charge in [-0.25, -0.2) is 4.98 Å². The Morgan fingerprint density at radius 1 is 1.46 bits per heavy atom. The molecule has 9 heteroatoms. The molecular formula is C17H20N6O3. The number of ether oxygens (including phenoxy) is 1. The first-order chi connectivity index (χ1) is 12.5. The molecule has 0 amide bonds. The number of pyridine rings is 2. The maximum atomic E-state index is 11.3. The maximum Gasteiger partial charge on any atom is 0.308 e. The fraction of sp³-hybridized carbons (Fsp3) is 0.412. The zero-order valence-electron chi connectivity index (χ0n) is 14.4. The van der Waals surface area contributed by atoms with E-state index in [0.717, 1.165) is 0 Å². The van der Waals surface area contributed by atoms with Crippen molar-refractivity contribution in [3.05, 3.63) is 11.6 Å². The van der Waals surface area contributed by atoms with Gasteiger partial charge in [-0.15, -0.1) is 0 Å². The lowest BCUT2D eigenvalue weighted by atomic mass is 9.97. The minimum absolute atomic E-state index is 0.140. The molecule has 1 saturated heterocycles. The van der Waals surface area contributed by atoms with Gasteiger partial charge in [-0.1, -0.05) is 0 Å². The average Bonchev–Trinajstić information content (AvgIpc) is 2.61. The fourth-order valence-electron chi connectivity index (χ4n) is 3.29. The number of hydrogen-bond acceptors (Lipinski definition) is 8. The zero-order valence-corrected chi connectivity index (χ0v) is 14.4. The maximum absolute atomic E-state index is 11.3. The van der Waals surface area contributed by atoms with Crippen molar-refractivity contribution in [2.75, 3.05) is 36.1 Å². The van der Waals surface area contributed by atoms with Gasteiger partial charge in [-0.05, 0) is 19.8 Å². The van der Waals surface area contributed by atoms with Gasteiger partial charge in [0.25, 0.3) is 0 Å². The summed E-state index contributed by atoms with van der Waals surface area (Å²) in [6.07, 6.45) is 1.30. The van der Waals surface area contributed by atoms with Crippen molar-refractivity contribution in [3.63, 3.8) is 0 Å². The van der Waals surface area contributed by atoms with E-state index in [1.165, 1.54) is 0 Å². The van der Waals surface area contributed by atoms with Crippen molar-refractivity contribution in [2.24, 2.45) is 5.92 Å². The first-order valence-corrected chi connectivity index (χ1v) is 8.36. The number of hydrogen-bond donors (Lipinski definition) is 3. The molecule has 9 nitrogen and oxygen atoms in total. The second-order valence-electron chi connectivity index (χ2n) is 6.13. The van der Waals surface area contributed by atoms with E-state index >= 15 is 0 Å². The molecule has 0 bridgehead atoms. The zero-order chi connectivity index (χ0) is 18.8. The first-order valence-electron chi connectivity index (χ1n) is 8.36. The lowest BCUT2D eigenvalue weighted by Gasteiger charge is -2.32. The molecule has 0 saturated carbocycles. The van der Waals surface area contributed by atoms with Crippen molar-refractivity contribution < 1.29 is 14.6 Å². The SMILES string of the molecule is CCOc1cc2c(C#N)c(N3CCCC(C(=O)O)C3)nc(N)c2c(N)n1. The molecule has 0 spiro atoms. The Kier molecular flexibility index (Phi) is 4.67.